The third-order valence-electron chi connectivity index (χ3n) is 14.9. The summed E-state index contributed by atoms with van der Waals surface area (Å²) >= 11 is 0. The SMILES string of the molecule is CCCCCCCCCCCCCCCCCCCCCCCC(O)C(=O)NC(COC1OC(COC2OCC(O)C(O)C2O)C(O)C(O)C1O)C(O)C(O)CCCCCCCCCCCCCCCC. The largest absolute Gasteiger partial charge is 0.390 e. The van der Waals surface area contributed by atoms with E-state index in [1.54, 1.807) is 0 Å². The van der Waals surface area contributed by atoms with E-state index in [9.17, 15) is 50.8 Å². The van der Waals surface area contributed by atoms with Gasteiger partial charge in [0.05, 0.1) is 32.0 Å². The second kappa shape index (κ2) is 43.1. The van der Waals surface area contributed by atoms with Crippen LogP contribution in [0.15, 0.2) is 0 Å². The molecule has 2 aliphatic heterocycles. The molecule has 0 aromatic rings. The van der Waals surface area contributed by atoms with Gasteiger partial charge in [0, 0.05) is 0 Å². The van der Waals surface area contributed by atoms with Crippen molar-refractivity contribution in [3.8, 4) is 0 Å². The summed E-state index contributed by atoms with van der Waals surface area (Å²) in [4.78, 5) is 13.3. The van der Waals surface area contributed by atoms with Gasteiger partial charge in [-0.05, 0) is 12.8 Å². The predicted molar refractivity (Wildman–Crippen MR) is 278 cm³/mol. The molecule has 2 fully saturated rings. The predicted octanol–water partition coefficient (Wildman–Crippen LogP) is 8.31. The van der Waals surface area contributed by atoms with Gasteiger partial charge in [0.1, 0.15) is 54.9 Å². The molecule has 13 unspecified atom stereocenters. The Balaban J connectivity index is 1.77. The third kappa shape index (κ3) is 30.3. The molecule has 15 heteroatoms. The summed E-state index contributed by atoms with van der Waals surface area (Å²) in [5.74, 6) is -0.736. The second-order valence-electron chi connectivity index (χ2n) is 21.4. The number of hydrogen-bond donors (Lipinski definition) is 10. The summed E-state index contributed by atoms with van der Waals surface area (Å²) in [6.45, 7) is 3.20. The van der Waals surface area contributed by atoms with E-state index in [0.717, 1.165) is 38.5 Å². The Bertz CT molecular complexity index is 1220. The van der Waals surface area contributed by atoms with Crippen molar-refractivity contribution in [2.75, 3.05) is 19.8 Å². The van der Waals surface area contributed by atoms with Crippen LogP contribution in [0.4, 0.5) is 0 Å². The Morgan fingerprint density at radius 2 is 0.859 bits per heavy atom. The molecule has 10 N–H and O–H groups in total. The first-order valence-electron chi connectivity index (χ1n) is 29.4. The minimum absolute atomic E-state index is 0.224. The zero-order valence-electron chi connectivity index (χ0n) is 44.9. The molecule has 2 heterocycles. The van der Waals surface area contributed by atoms with Gasteiger partial charge in [0.25, 0.3) is 0 Å². The van der Waals surface area contributed by atoms with E-state index in [4.69, 9.17) is 18.9 Å². The molecule has 0 spiro atoms. The Morgan fingerprint density at radius 3 is 1.28 bits per heavy atom. The van der Waals surface area contributed by atoms with Crippen molar-refractivity contribution >= 4 is 5.91 Å². The highest BCUT2D eigenvalue weighted by Gasteiger charge is 2.46. The second-order valence-corrected chi connectivity index (χ2v) is 21.4. The number of nitrogens with one attached hydrogen (secondary N) is 1. The van der Waals surface area contributed by atoms with Crippen LogP contribution in [-0.4, -0.2) is 151 Å². The van der Waals surface area contributed by atoms with E-state index < -0.39 is 98.8 Å². The molecule has 13 atom stereocenters. The molecule has 422 valence electrons. The summed E-state index contributed by atoms with van der Waals surface area (Å²) < 4.78 is 22.3. The van der Waals surface area contributed by atoms with E-state index in [2.05, 4.69) is 19.2 Å². The van der Waals surface area contributed by atoms with Crippen LogP contribution in [0.1, 0.15) is 251 Å². The maximum absolute atomic E-state index is 13.3. The van der Waals surface area contributed by atoms with Gasteiger partial charge >= 0.3 is 0 Å². The summed E-state index contributed by atoms with van der Waals surface area (Å²) in [5.41, 5.74) is 0. The quantitative estimate of drug-likeness (QED) is 0.0258. The van der Waals surface area contributed by atoms with Crippen LogP contribution in [-0.2, 0) is 23.7 Å². The lowest BCUT2D eigenvalue weighted by Crippen LogP contribution is -2.61. The zero-order valence-corrected chi connectivity index (χ0v) is 44.9. The van der Waals surface area contributed by atoms with Crippen molar-refractivity contribution < 1.29 is 69.7 Å². The molecule has 0 aromatic heterocycles. The highest BCUT2D eigenvalue weighted by Crippen LogP contribution is 2.26. The molecule has 0 radical (unpaired) electrons. The number of aliphatic hydroxyl groups excluding tert-OH is 9. The maximum Gasteiger partial charge on any atom is 0.249 e. The molecule has 71 heavy (non-hydrogen) atoms. The topological polar surface area (TPSA) is 248 Å². The van der Waals surface area contributed by atoms with Gasteiger partial charge in [-0.3, -0.25) is 4.79 Å². The van der Waals surface area contributed by atoms with E-state index in [0.29, 0.717) is 12.8 Å². The third-order valence-corrected chi connectivity index (χ3v) is 14.9. The van der Waals surface area contributed by atoms with Crippen LogP contribution < -0.4 is 5.32 Å². The first kappa shape index (κ1) is 66.1. The van der Waals surface area contributed by atoms with E-state index in [1.165, 1.54) is 173 Å². The van der Waals surface area contributed by atoms with Crippen LogP contribution in [0.25, 0.3) is 0 Å². The van der Waals surface area contributed by atoms with Crippen molar-refractivity contribution in [3.05, 3.63) is 0 Å². The van der Waals surface area contributed by atoms with Crippen molar-refractivity contribution in [3.63, 3.8) is 0 Å². The Labute approximate surface area is 430 Å². The molecule has 0 aliphatic carbocycles. The monoisotopic (exact) mass is 1020 g/mol. The number of hydrogen-bond acceptors (Lipinski definition) is 14. The van der Waals surface area contributed by atoms with Crippen molar-refractivity contribution in [1.82, 2.24) is 5.32 Å². The molecule has 2 aliphatic rings. The van der Waals surface area contributed by atoms with E-state index in [1.807, 2.05) is 0 Å². The lowest BCUT2D eigenvalue weighted by Gasteiger charge is -2.42. The number of rotatable bonds is 47. The molecule has 15 nitrogen and oxygen atoms in total. The highest BCUT2D eigenvalue weighted by atomic mass is 16.7. The average molecular weight is 1020 g/mol. The van der Waals surface area contributed by atoms with Gasteiger partial charge in [-0.15, -0.1) is 0 Å². The van der Waals surface area contributed by atoms with E-state index in [-0.39, 0.29) is 19.4 Å². The van der Waals surface area contributed by atoms with Gasteiger partial charge in [0.2, 0.25) is 5.91 Å². The number of carbonyl (C=O) groups is 1. The van der Waals surface area contributed by atoms with E-state index >= 15 is 0 Å². The minimum Gasteiger partial charge on any atom is -0.390 e. The fourth-order valence-corrected chi connectivity index (χ4v) is 9.90. The average Bonchev–Trinajstić information content (AvgIpc) is 3.36. The summed E-state index contributed by atoms with van der Waals surface area (Å²) in [6, 6.07) is -1.24. The fraction of sp³-hybridized carbons (Fsp3) is 0.982. The maximum atomic E-state index is 13.3. The molecule has 0 bridgehead atoms. The number of amides is 1. The van der Waals surface area contributed by atoms with Crippen molar-refractivity contribution in [1.29, 1.82) is 0 Å². The molecule has 0 aromatic carbocycles. The van der Waals surface area contributed by atoms with Gasteiger partial charge in [-0.2, -0.15) is 0 Å². The summed E-state index contributed by atoms with van der Waals surface area (Å²) in [7, 11) is 0. The van der Waals surface area contributed by atoms with Gasteiger partial charge in [-0.1, -0.05) is 239 Å². The van der Waals surface area contributed by atoms with Crippen LogP contribution in [0.5, 0.6) is 0 Å². The highest BCUT2D eigenvalue weighted by molar-refractivity contribution is 5.80. The summed E-state index contributed by atoms with van der Waals surface area (Å²) in [5, 5.41) is 98.2. The van der Waals surface area contributed by atoms with Gasteiger partial charge in [0.15, 0.2) is 12.6 Å². The van der Waals surface area contributed by atoms with Crippen LogP contribution in [0, 0.1) is 0 Å². The first-order valence-corrected chi connectivity index (χ1v) is 29.4. The lowest BCUT2D eigenvalue weighted by atomic mass is 9.98. The number of aliphatic hydroxyl groups is 9. The minimum atomic E-state index is -1.77. The normalized spacial score (nSPS) is 25.5. The smallest absolute Gasteiger partial charge is 0.249 e. The fourth-order valence-electron chi connectivity index (χ4n) is 9.90. The number of carbonyl (C=O) groups excluding carboxylic acids is 1. The van der Waals surface area contributed by atoms with Gasteiger partial charge in [-0.25, -0.2) is 0 Å². The van der Waals surface area contributed by atoms with Gasteiger partial charge < -0.3 is 70.2 Å². The first-order chi connectivity index (χ1) is 34.4. The molecule has 2 rings (SSSR count). The van der Waals surface area contributed by atoms with Crippen LogP contribution >= 0.6 is 0 Å². The molecule has 1 amide bonds. The lowest BCUT2D eigenvalue weighted by molar-refractivity contribution is -0.322. The zero-order chi connectivity index (χ0) is 51.9. The van der Waals surface area contributed by atoms with Crippen molar-refractivity contribution in [2.24, 2.45) is 0 Å². The van der Waals surface area contributed by atoms with Crippen LogP contribution in [0.3, 0.4) is 0 Å². The van der Waals surface area contributed by atoms with Crippen LogP contribution in [0.2, 0.25) is 0 Å². The van der Waals surface area contributed by atoms with Crippen molar-refractivity contribution in [2.45, 2.75) is 331 Å². The Hall–Kier alpha value is -1.05. The standard InChI is InChI=1S/C56H109NO14/c1-3-5-7-9-11-13-15-17-19-20-21-22-23-24-25-27-29-31-33-35-37-39-45(59)54(67)57-43(48(61)44(58)38-36-34-32-30-28-26-18-16-14-12-10-8-6-4-2)40-68-56-53(66)51(64)50(63)47(71-56)42-70-55-52(65)49(62)46(60)41-69-55/h43-53,55-56,58-66H,3-42H2,1-2H3,(H,57,67). The Kier molecular flexibility index (Phi) is 40.1. The molecular formula is C56H109NO14. The Morgan fingerprint density at radius 1 is 0.479 bits per heavy atom. The number of unbranched alkanes of at least 4 members (excludes halogenated alkanes) is 33. The molecule has 2 saturated heterocycles. The number of ether oxygens (including phenoxy) is 4. The summed E-state index contributed by atoms with van der Waals surface area (Å²) in [6.07, 6.45) is 25.4. The molecular weight excluding hydrogens is 911 g/mol. The molecule has 0 saturated carbocycles.